The summed E-state index contributed by atoms with van der Waals surface area (Å²) in [6.07, 6.45) is 3.09. The molecule has 7 heteroatoms. The molecule has 1 aliphatic heterocycles. The quantitative estimate of drug-likeness (QED) is 0.906. The lowest BCUT2D eigenvalue weighted by atomic mass is 10.1. The van der Waals surface area contributed by atoms with E-state index in [0.29, 0.717) is 6.54 Å². The third kappa shape index (κ3) is 4.38. The Balaban J connectivity index is 1.90. The van der Waals surface area contributed by atoms with Crippen LogP contribution in [0.3, 0.4) is 0 Å². The van der Waals surface area contributed by atoms with Gasteiger partial charge in [-0.15, -0.1) is 0 Å². The van der Waals surface area contributed by atoms with Gasteiger partial charge in [-0.3, -0.25) is 4.90 Å². The van der Waals surface area contributed by atoms with E-state index in [4.69, 9.17) is 4.42 Å². The summed E-state index contributed by atoms with van der Waals surface area (Å²) >= 11 is 3.27. The van der Waals surface area contributed by atoms with E-state index in [1.807, 2.05) is 12.1 Å². The maximum atomic E-state index is 11.2. The third-order valence-corrected chi connectivity index (χ3v) is 4.08. The van der Waals surface area contributed by atoms with Crippen LogP contribution in [0.2, 0.25) is 0 Å². The summed E-state index contributed by atoms with van der Waals surface area (Å²) in [5, 5.41) is 0. The maximum Gasteiger partial charge on any atom is 0.208 e. The summed E-state index contributed by atoms with van der Waals surface area (Å²) in [6.45, 7) is 2.42. The first-order valence-electron chi connectivity index (χ1n) is 5.86. The molecule has 0 aromatic carbocycles. The molecule has 1 N–H and O–H groups in total. The van der Waals surface area contributed by atoms with Crippen molar-refractivity contribution >= 4 is 26.0 Å². The van der Waals surface area contributed by atoms with Gasteiger partial charge in [-0.25, -0.2) is 13.1 Å². The second kappa shape index (κ2) is 5.73. The zero-order valence-electron chi connectivity index (χ0n) is 10.2. The predicted octanol–water partition coefficient (Wildman–Crippen LogP) is 1.56. The smallest absolute Gasteiger partial charge is 0.208 e. The van der Waals surface area contributed by atoms with Crippen molar-refractivity contribution in [1.29, 1.82) is 0 Å². The maximum absolute atomic E-state index is 11.2. The van der Waals surface area contributed by atoms with E-state index < -0.39 is 10.0 Å². The van der Waals surface area contributed by atoms with E-state index in [-0.39, 0.29) is 6.04 Å². The molecule has 2 heterocycles. The zero-order chi connectivity index (χ0) is 13.2. The van der Waals surface area contributed by atoms with Crippen LogP contribution in [-0.2, 0) is 16.6 Å². The molecular weight excluding hydrogens is 320 g/mol. The molecule has 1 aromatic rings. The van der Waals surface area contributed by atoms with Gasteiger partial charge in [0, 0.05) is 12.6 Å². The van der Waals surface area contributed by atoms with Gasteiger partial charge in [0.15, 0.2) is 4.67 Å². The molecule has 0 radical (unpaired) electrons. The molecule has 5 nitrogen and oxygen atoms in total. The minimum Gasteiger partial charge on any atom is -0.453 e. The Morgan fingerprint density at radius 3 is 2.94 bits per heavy atom. The normalized spacial score (nSPS) is 22.2. The Morgan fingerprint density at radius 1 is 1.56 bits per heavy atom. The van der Waals surface area contributed by atoms with Crippen molar-refractivity contribution in [2.24, 2.45) is 0 Å². The molecule has 1 saturated heterocycles. The molecule has 1 aliphatic rings. The van der Waals surface area contributed by atoms with Crippen molar-refractivity contribution in [3.05, 3.63) is 22.6 Å². The number of nitrogens with zero attached hydrogens (tertiary/aromatic N) is 1. The lowest BCUT2D eigenvalue weighted by molar-refractivity contribution is 0.181. The molecular formula is C11H17BrN2O3S. The summed E-state index contributed by atoms with van der Waals surface area (Å²) in [7, 11) is -3.12. The van der Waals surface area contributed by atoms with E-state index in [1.165, 1.54) is 6.26 Å². The molecule has 102 valence electrons. The van der Waals surface area contributed by atoms with Gasteiger partial charge < -0.3 is 4.42 Å². The average molecular weight is 337 g/mol. The molecule has 1 fully saturated rings. The Labute approximate surface area is 116 Å². The van der Waals surface area contributed by atoms with E-state index >= 15 is 0 Å². The number of piperidine rings is 1. The first kappa shape index (κ1) is 14.0. The lowest BCUT2D eigenvalue weighted by Crippen LogP contribution is -2.46. The first-order chi connectivity index (χ1) is 8.42. The van der Waals surface area contributed by atoms with Gasteiger partial charge in [0.1, 0.15) is 5.76 Å². The number of rotatable bonds is 4. The average Bonchev–Trinajstić information content (AvgIpc) is 2.62. The van der Waals surface area contributed by atoms with Crippen molar-refractivity contribution < 1.29 is 12.8 Å². The predicted molar refractivity (Wildman–Crippen MR) is 72.7 cm³/mol. The summed E-state index contributed by atoms with van der Waals surface area (Å²) in [5.74, 6) is 0.891. The molecule has 0 aliphatic carbocycles. The van der Waals surface area contributed by atoms with Gasteiger partial charge in [-0.2, -0.15) is 0 Å². The molecule has 18 heavy (non-hydrogen) atoms. The number of hydrogen-bond acceptors (Lipinski definition) is 4. The molecule has 0 spiro atoms. The van der Waals surface area contributed by atoms with Crippen LogP contribution in [0.15, 0.2) is 21.2 Å². The summed E-state index contributed by atoms with van der Waals surface area (Å²) in [6, 6.07) is 3.80. The second-order valence-electron chi connectivity index (χ2n) is 4.67. The van der Waals surface area contributed by atoms with Crippen LogP contribution in [0.4, 0.5) is 0 Å². The van der Waals surface area contributed by atoms with E-state index in [1.54, 1.807) is 0 Å². The highest BCUT2D eigenvalue weighted by Gasteiger charge is 2.22. The van der Waals surface area contributed by atoms with Crippen molar-refractivity contribution in [3.63, 3.8) is 0 Å². The van der Waals surface area contributed by atoms with Gasteiger partial charge >= 0.3 is 0 Å². The second-order valence-corrected chi connectivity index (χ2v) is 7.23. The standard InChI is InChI=1S/C11H17BrN2O3S/c1-18(15,16)13-9-3-2-6-14(7-9)8-10-4-5-11(12)17-10/h4-5,9,13H,2-3,6-8H2,1H3/t9-/m0/s1. The Hall–Kier alpha value is -0.370. The van der Waals surface area contributed by atoms with Gasteiger partial charge in [0.25, 0.3) is 0 Å². The van der Waals surface area contributed by atoms with Gasteiger partial charge in [0.05, 0.1) is 12.8 Å². The third-order valence-electron chi connectivity index (χ3n) is 2.89. The monoisotopic (exact) mass is 336 g/mol. The van der Waals surface area contributed by atoms with Crippen LogP contribution >= 0.6 is 15.9 Å². The van der Waals surface area contributed by atoms with Gasteiger partial charge in [0.2, 0.25) is 10.0 Å². The lowest BCUT2D eigenvalue weighted by Gasteiger charge is -2.32. The molecule has 0 amide bonds. The summed E-state index contributed by atoms with van der Waals surface area (Å²) < 4.78 is 31.3. The topological polar surface area (TPSA) is 62.6 Å². The fraction of sp³-hybridized carbons (Fsp3) is 0.636. The number of hydrogen-bond donors (Lipinski definition) is 1. The SMILES string of the molecule is CS(=O)(=O)N[C@H]1CCCN(Cc2ccc(Br)o2)C1. The van der Waals surface area contributed by atoms with E-state index in [0.717, 1.165) is 36.4 Å². The number of halogens is 1. The van der Waals surface area contributed by atoms with Gasteiger partial charge in [-0.1, -0.05) is 0 Å². The van der Waals surface area contributed by atoms with E-state index in [2.05, 4.69) is 25.6 Å². The summed E-state index contributed by atoms with van der Waals surface area (Å²) in [5.41, 5.74) is 0. The molecule has 0 bridgehead atoms. The molecule has 0 unspecified atom stereocenters. The minimum atomic E-state index is -3.12. The number of sulfonamides is 1. The minimum absolute atomic E-state index is 0.00662. The van der Waals surface area contributed by atoms with Crippen LogP contribution in [0.5, 0.6) is 0 Å². The Bertz CT molecular complexity index is 500. The number of nitrogens with one attached hydrogen (secondary N) is 1. The summed E-state index contributed by atoms with van der Waals surface area (Å²) in [4.78, 5) is 2.21. The zero-order valence-corrected chi connectivity index (χ0v) is 12.6. The highest BCUT2D eigenvalue weighted by Crippen LogP contribution is 2.18. The molecule has 1 aromatic heterocycles. The van der Waals surface area contributed by atoms with Crippen LogP contribution in [0.25, 0.3) is 0 Å². The fourth-order valence-electron chi connectivity index (χ4n) is 2.26. The number of likely N-dealkylation sites (tertiary alicyclic amines) is 1. The Morgan fingerprint density at radius 2 is 2.33 bits per heavy atom. The molecule has 2 rings (SSSR count). The van der Waals surface area contributed by atoms with Crippen molar-refractivity contribution in [2.75, 3.05) is 19.3 Å². The highest BCUT2D eigenvalue weighted by atomic mass is 79.9. The van der Waals surface area contributed by atoms with Crippen LogP contribution in [0, 0.1) is 0 Å². The molecule has 1 atom stereocenters. The van der Waals surface area contributed by atoms with Crippen molar-refractivity contribution in [1.82, 2.24) is 9.62 Å². The first-order valence-corrected chi connectivity index (χ1v) is 8.55. The number of furan rings is 1. The molecule has 0 saturated carbocycles. The van der Waals surface area contributed by atoms with Crippen LogP contribution in [-0.4, -0.2) is 38.7 Å². The Kier molecular flexibility index (Phi) is 4.47. The van der Waals surface area contributed by atoms with E-state index in [9.17, 15) is 8.42 Å². The fourth-order valence-corrected chi connectivity index (χ4v) is 3.39. The largest absolute Gasteiger partial charge is 0.453 e. The van der Waals surface area contributed by atoms with Crippen molar-refractivity contribution in [2.45, 2.75) is 25.4 Å². The van der Waals surface area contributed by atoms with Crippen LogP contribution < -0.4 is 4.72 Å². The highest BCUT2D eigenvalue weighted by molar-refractivity contribution is 9.10. The van der Waals surface area contributed by atoms with Crippen molar-refractivity contribution in [3.8, 4) is 0 Å². The van der Waals surface area contributed by atoms with Crippen LogP contribution in [0.1, 0.15) is 18.6 Å². The van der Waals surface area contributed by atoms with Gasteiger partial charge in [-0.05, 0) is 47.4 Å².